The molecule has 0 N–H and O–H groups in total. The van der Waals surface area contributed by atoms with E-state index in [0.717, 1.165) is 29.9 Å². The minimum Gasteiger partial charge on any atom is -0.310 e. The van der Waals surface area contributed by atoms with E-state index < -0.39 is 0 Å². The maximum absolute atomic E-state index is 2.52. The minimum atomic E-state index is -0.303. The number of hydrogen-bond acceptors (Lipinski definition) is 1. The molecule has 0 saturated carbocycles. The Hall–Kier alpha value is -7.48. The summed E-state index contributed by atoms with van der Waals surface area (Å²) in [5.41, 5.74) is 21.8. The lowest BCUT2D eigenvalue weighted by Gasteiger charge is -2.34. The number of allylic oxidation sites excluding steroid dienone is 4. The fourth-order valence-electron chi connectivity index (χ4n) is 10.7. The van der Waals surface area contributed by atoms with Crippen LogP contribution in [-0.2, 0) is 5.41 Å². The third-order valence-electron chi connectivity index (χ3n) is 13.2. The summed E-state index contributed by atoms with van der Waals surface area (Å²) < 4.78 is 0. The summed E-state index contributed by atoms with van der Waals surface area (Å²) in [6, 6.07) is 80.7. The Morgan fingerprint density at radius 2 is 0.800 bits per heavy atom. The summed E-state index contributed by atoms with van der Waals surface area (Å²) in [6.07, 6.45) is 4.54. The minimum absolute atomic E-state index is 0.303. The number of benzene rings is 9. The first-order valence-corrected chi connectivity index (χ1v) is 21.2. The van der Waals surface area contributed by atoms with E-state index >= 15 is 0 Å². The third-order valence-corrected chi connectivity index (χ3v) is 13.2. The molecular weight excluding hydrogens is 723 g/mol. The summed E-state index contributed by atoms with van der Waals surface area (Å²) in [5.74, 6) is 0. The molecule has 0 bridgehead atoms. The fraction of sp³-hybridized carbons (Fsp3) is 0.0508. The molecule has 9 aromatic carbocycles. The maximum Gasteiger partial charge on any atom is 0.0688 e. The quantitative estimate of drug-likeness (QED) is 0.163. The molecule has 0 fully saturated rings. The molecule has 9 aromatic rings. The van der Waals surface area contributed by atoms with Gasteiger partial charge in [0.15, 0.2) is 0 Å². The standard InChI is InChI=1S/C59H41N/c1-3-16-40(17-4-1)42-30-34-44(35-31-42)60(45-36-32-43(33-37-45)41-18-5-2-6-19-41)57-39-38-47(46-20-7-8-23-50(46)57)51-25-15-29-56-58(51)52-24-11-14-28-55(52)59(56)53-26-12-9-21-48(53)49-22-10-13-27-54(49)59/h1-14,16-28,30-39H,15,29H2. The number of nitrogens with zero attached hydrogens (tertiary/aromatic N) is 1. The van der Waals surface area contributed by atoms with Crippen molar-refractivity contribution in [3.8, 4) is 33.4 Å². The smallest absolute Gasteiger partial charge is 0.0688 e. The molecule has 1 nitrogen and oxygen atoms in total. The van der Waals surface area contributed by atoms with Crippen molar-refractivity contribution in [1.82, 2.24) is 0 Å². The van der Waals surface area contributed by atoms with Gasteiger partial charge in [-0.05, 0) is 126 Å². The van der Waals surface area contributed by atoms with Gasteiger partial charge in [0.1, 0.15) is 0 Å². The molecular formula is C59H41N. The van der Waals surface area contributed by atoms with Crippen LogP contribution in [0.5, 0.6) is 0 Å². The van der Waals surface area contributed by atoms with Crippen molar-refractivity contribution < 1.29 is 0 Å². The van der Waals surface area contributed by atoms with Gasteiger partial charge in [0.05, 0.1) is 11.1 Å². The van der Waals surface area contributed by atoms with E-state index in [9.17, 15) is 0 Å². The highest BCUT2D eigenvalue weighted by Gasteiger charge is 2.53. The van der Waals surface area contributed by atoms with Gasteiger partial charge in [-0.3, -0.25) is 0 Å². The Labute approximate surface area is 351 Å². The number of hydrogen-bond donors (Lipinski definition) is 0. The largest absolute Gasteiger partial charge is 0.310 e. The molecule has 3 aliphatic carbocycles. The second kappa shape index (κ2) is 13.8. The van der Waals surface area contributed by atoms with Crippen molar-refractivity contribution in [2.24, 2.45) is 0 Å². The first-order chi connectivity index (χ1) is 29.8. The molecule has 0 aromatic heterocycles. The van der Waals surface area contributed by atoms with Gasteiger partial charge in [-0.15, -0.1) is 0 Å². The second-order valence-electron chi connectivity index (χ2n) is 16.2. The monoisotopic (exact) mass is 763 g/mol. The van der Waals surface area contributed by atoms with E-state index in [1.54, 1.807) is 0 Å². The lowest BCUT2D eigenvalue weighted by molar-refractivity contribution is 0.715. The van der Waals surface area contributed by atoms with E-state index in [4.69, 9.17) is 0 Å². The molecule has 0 aliphatic heterocycles. The van der Waals surface area contributed by atoms with E-state index in [1.807, 2.05) is 0 Å². The highest BCUT2D eigenvalue weighted by molar-refractivity contribution is 6.17. The molecule has 0 saturated heterocycles. The zero-order valence-electron chi connectivity index (χ0n) is 33.2. The van der Waals surface area contributed by atoms with E-state index in [-0.39, 0.29) is 5.41 Å². The van der Waals surface area contributed by atoms with E-state index in [1.165, 1.54) is 88.7 Å². The number of fused-ring (bicyclic) bond motifs is 10. The molecule has 0 atom stereocenters. The summed E-state index contributed by atoms with van der Waals surface area (Å²) >= 11 is 0. The lowest BCUT2D eigenvalue weighted by Crippen LogP contribution is -2.27. The van der Waals surface area contributed by atoms with Crippen LogP contribution < -0.4 is 4.90 Å². The molecule has 1 heteroatoms. The first-order valence-electron chi connectivity index (χ1n) is 21.2. The van der Waals surface area contributed by atoms with Crippen LogP contribution in [0.1, 0.15) is 40.7 Å². The predicted molar refractivity (Wildman–Crippen MR) is 252 cm³/mol. The number of anilines is 3. The maximum atomic E-state index is 2.52. The molecule has 1 spiro atoms. The Balaban J connectivity index is 1.04. The Morgan fingerprint density at radius 3 is 1.37 bits per heavy atom. The Bertz CT molecular complexity index is 3040. The fourth-order valence-corrected chi connectivity index (χ4v) is 10.7. The summed E-state index contributed by atoms with van der Waals surface area (Å²) in [6.45, 7) is 0. The van der Waals surface area contributed by atoms with Crippen molar-refractivity contribution in [3.05, 3.63) is 258 Å². The van der Waals surface area contributed by atoms with E-state index in [0.29, 0.717) is 0 Å². The molecule has 60 heavy (non-hydrogen) atoms. The Morgan fingerprint density at radius 1 is 0.350 bits per heavy atom. The molecule has 0 heterocycles. The third kappa shape index (κ3) is 5.12. The van der Waals surface area contributed by atoms with Crippen LogP contribution in [-0.4, -0.2) is 0 Å². The van der Waals surface area contributed by atoms with Gasteiger partial charge < -0.3 is 4.90 Å². The first kappa shape index (κ1) is 34.6. The molecule has 0 amide bonds. The zero-order valence-corrected chi connectivity index (χ0v) is 33.2. The van der Waals surface area contributed by atoms with Gasteiger partial charge in [0.2, 0.25) is 0 Å². The summed E-state index contributed by atoms with van der Waals surface area (Å²) in [7, 11) is 0. The van der Waals surface area contributed by atoms with Gasteiger partial charge in [-0.25, -0.2) is 0 Å². The van der Waals surface area contributed by atoms with E-state index in [2.05, 4.69) is 229 Å². The van der Waals surface area contributed by atoms with Crippen molar-refractivity contribution in [2.45, 2.75) is 18.3 Å². The summed E-state index contributed by atoms with van der Waals surface area (Å²) in [4.78, 5) is 2.43. The molecule has 0 unspecified atom stereocenters. The topological polar surface area (TPSA) is 3.24 Å². The highest BCUT2D eigenvalue weighted by atomic mass is 15.1. The lowest BCUT2D eigenvalue weighted by atomic mass is 9.67. The average Bonchev–Trinajstić information content (AvgIpc) is 3.80. The molecule has 0 radical (unpaired) electrons. The van der Waals surface area contributed by atoms with Gasteiger partial charge in [0.25, 0.3) is 0 Å². The van der Waals surface area contributed by atoms with Crippen molar-refractivity contribution in [1.29, 1.82) is 0 Å². The summed E-state index contributed by atoms with van der Waals surface area (Å²) in [5, 5.41) is 2.48. The number of rotatable bonds is 6. The molecule has 12 rings (SSSR count). The van der Waals surface area contributed by atoms with Gasteiger partial charge in [-0.2, -0.15) is 0 Å². The molecule has 282 valence electrons. The van der Waals surface area contributed by atoms with Crippen LogP contribution in [0.3, 0.4) is 0 Å². The Kier molecular flexibility index (Phi) is 7.96. The van der Waals surface area contributed by atoms with Crippen molar-refractivity contribution in [2.75, 3.05) is 4.90 Å². The van der Waals surface area contributed by atoms with Crippen LogP contribution in [0.25, 0.3) is 55.3 Å². The van der Waals surface area contributed by atoms with Crippen LogP contribution in [0, 0.1) is 0 Å². The second-order valence-corrected chi connectivity index (χ2v) is 16.2. The van der Waals surface area contributed by atoms with Gasteiger partial charge in [0, 0.05) is 16.8 Å². The van der Waals surface area contributed by atoms with Crippen molar-refractivity contribution >= 4 is 39.0 Å². The van der Waals surface area contributed by atoms with Gasteiger partial charge >= 0.3 is 0 Å². The van der Waals surface area contributed by atoms with Crippen LogP contribution in [0.2, 0.25) is 0 Å². The van der Waals surface area contributed by atoms with Crippen LogP contribution in [0.15, 0.2) is 230 Å². The predicted octanol–water partition coefficient (Wildman–Crippen LogP) is 15.6. The highest BCUT2D eigenvalue weighted by Crippen LogP contribution is 2.65. The average molecular weight is 764 g/mol. The zero-order chi connectivity index (χ0) is 39.6. The van der Waals surface area contributed by atoms with Crippen molar-refractivity contribution in [3.63, 3.8) is 0 Å². The van der Waals surface area contributed by atoms with Gasteiger partial charge in [-0.1, -0.05) is 194 Å². The van der Waals surface area contributed by atoms with Crippen LogP contribution in [0.4, 0.5) is 17.1 Å². The SMILES string of the molecule is C1=C(c2ccc(N(c3ccc(-c4ccccc4)cc3)c3ccc(-c4ccccc4)cc3)c3ccccc23)C2=C(CC1)C1(c3ccccc32)c2ccccc2-c2ccccc21. The van der Waals surface area contributed by atoms with Crippen LogP contribution >= 0.6 is 0 Å². The normalized spacial score (nSPS) is 14.4. The molecule has 3 aliphatic rings.